The van der Waals surface area contributed by atoms with Crippen molar-refractivity contribution in [2.75, 3.05) is 5.32 Å². The van der Waals surface area contributed by atoms with Gasteiger partial charge in [-0.3, -0.25) is 9.59 Å². The molecule has 1 aromatic carbocycles. The summed E-state index contributed by atoms with van der Waals surface area (Å²) in [5.74, 6) is -0.506. The number of carbonyl (C=O) groups is 2. The van der Waals surface area contributed by atoms with Crippen molar-refractivity contribution < 1.29 is 14.0 Å². The minimum Gasteiger partial charge on any atom is -0.459 e. The summed E-state index contributed by atoms with van der Waals surface area (Å²) < 4.78 is 4.99. The highest BCUT2D eigenvalue weighted by molar-refractivity contribution is 6.00. The smallest absolute Gasteiger partial charge is 0.287 e. The summed E-state index contributed by atoms with van der Waals surface area (Å²) in [5, 5.41) is 5.41. The lowest BCUT2D eigenvalue weighted by atomic mass is 10.1. The van der Waals surface area contributed by atoms with E-state index in [1.807, 2.05) is 32.0 Å². The van der Waals surface area contributed by atoms with Gasteiger partial charge in [0.2, 0.25) is 5.91 Å². The topological polar surface area (TPSA) is 71.3 Å². The molecule has 2 amide bonds. The fourth-order valence-corrected chi connectivity index (χ4v) is 1.85. The van der Waals surface area contributed by atoms with Crippen LogP contribution in [0.25, 0.3) is 0 Å². The van der Waals surface area contributed by atoms with Crippen molar-refractivity contribution in [1.82, 2.24) is 5.32 Å². The lowest BCUT2D eigenvalue weighted by molar-refractivity contribution is -0.117. The van der Waals surface area contributed by atoms with E-state index in [2.05, 4.69) is 10.6 Å². The minimum absolute atomic E-state index is 0.182. The Morgan fingerprint density at radius 1 is 1.19 bits per heavy atom. The molecule has 2 rings (SSSR count). The van der Waals surface area contributed by atoms with Crippen LogP contribution < -0.4 is 10.6 Å². The van der Waals surface area contributed by atoms with Gasteiger partial charge in [-0.05, 0) is 50.1 Å². The van der Waals surface area contributed by atoms with Gasteiger partial charge in [0.1, 0.15) is 6.04 Å². The minimum atomic E-state index is -0.664. The Labute approximate surface area is 123 Å². The summed E-state index contributed by atoms with van der Waals surface area (Å²) in [6, 6.07) is 8.32. The van der Waals surface area contributed by atoms with E-state index in [4.69, 9.17) is 4.42 Å². The van der Waals surface area contributed by atoms with Crippen LogP contribution in [0.3, 0.4) is 0 Å². The van der Waals surface area contributed by atoms with E-state index in [0.717, 1.165) is 16.8 Å². The van der Waals surface area contributed by atoms with Crippen molar-refractivity contribution in [2.45, 2.75) is 26.8 Å². The third-order valence-corrected chi connectivity index (χ3v) is 3.14. The Morgan fingerprint density at radius 2 is 1.95 bits per heavy atom. The van der Waals surface area contributed by atoms with Gasteiger partial charge < -0.3 is 15.1 Å². The van der Waals surface area contributed by atoms with Crippen LogP contribution >= 0.6 is 0 Å². The second-order valence-electron chi connectivity index (χ2n) is 4.98. The summed E-state index contributed by atoms with van der Waals surface area (Å²) >= 11 is 0. The second-order valence-corrected chi connectivity index (χ2v) is 4.98. The number of furan rings is 1. The van der Waals surface area contributed by atoms with E-state index < -0.39 is 11.9 Å². The number of aryl methyl sites for hydroxylation is 2. The SMILES string of the molecule is Cc1ccc(C)c(NC(=O)C(C)NC(=O)c2ccco2)c1. The molecule has 0 saturated carbocycles. The lowest BCUT2D eigenvalue weighted by Crippen LogP contribution is -2.41. The number of anilines is 1. The molecular formula is C16H18N2O3. The molecular weight excluding hydrogens is 268 g/mol. The first kappa shape index (κ1) is 14.8. The summed E-state index contributed by atoms with van der Waals surface area (Å²) in [5.41, 5.74) is 2.78. The maximum Gasteiger partial charge on any atom is 0.287 e. The van der Waals surface area contributed by atoms with Crippen LogP contribution in [0, 0.1) is 13.8 Å². The molecule has 0 saturated heterocycles. The zero-order chi connectivity index (χ0) is 15.4. The van der Waals surface area contributed by atoms with Crippen LogP contribution in [-0.4, -0.2) is 17.9 Å². The maximum absolute atomic E-state index is 12.1. The van der Waals surface area contributed by atoms with Gasteiger partial charge in [0, 0.05) is 5.69 Å². The number of benzene rings is 1. The van der Waals surface area contributed by atoms with Gasteiger partial charge in [-0.1, -0.05) is 12.1 Å². The number of hydrogen-bond acceptors (Lipinski definition) is 3. The first-order valence-corrected chi connectivity index (χ1v) is 6.70. The van der Waals surface area contributed by atoms with Gasteiger partial charge in [0.15, 0.2) is 5.76 Å². The molecule has 5 heteroatoms. The van der Waals surface area contributed by atoms with E-state index in [0.29, 0.717) is 0 Å². The predicted molar refractivity (Wildman–Crippen MR) is 80.2 cm³/mol. The molecule has 0 fully saturated rings. The number of amides is 2. The number of hydrogen-bond donors (Lipinski definition) is 2. The standard InChI is InChI=1S/C16H18N2O3/c1-10-6-7-11(2)13(9-10)18-15(19)12(3)17-16(20)14-5-4-8-21-14/h4-9,12H,1-3H3,(H,17,20)(H,18,19). The van der Waals surface area contributed by atoms with Crippen molar-refractivity contribution in [1.29, 1.82) is 0 Å². The molecule has 0 bridgehead atoms. The normalized spacial score (nSPS) is 11.8. The first-order valence-electron chi connectivity index (χ1n) is 6.70. The monoisotopic (exact) mass is 286 g/mol. The largest absolute Gasteiger partial charge is 0.459 e. The van der Waals surface area contributed by atoms with Crippen LogP contribution in [0.4, 0.5) is 5.69 Å². The third kappa shape index (κ3) is 3.72. The molecule has 0 aliphatic carbocycles. The molecule has 2 aromatic rings. The number of nitrogens with one attached hydrogen (secondary N) is 2. The van der Waals surface area contributed by atoms with Crippen LogP contribution in [-0.2, 0) is 4.79 Å². The fourth-order valence-electron chi connectivity index (χ4n) is 1.85. The molecule has 0 spiro atoms. The molecule has 1 heterocycles. The van der Waals surface area contributed by atoms with Gasteiger partial charge in [0.25, 0.3) is 5.91 Å². The molecule has 0 radical (unpaired) electrons. The highest BCUT2D eigenvalue weighted by Crippen LogP contribution is 2.16. The molecule has 1 atom stereocenters. The van der Waals surface area contributed by atoms with Crippen molar-refractivity contribution in [2.24, 2.45) is 0 Å². The lowest BCUT2D eigenvalue weighted by Gasteiger charge is -2.15. The van der Waals surface area contributed by atoms with E-state index in [1.165, 1.54) is 6.26 Å². The van der Waals surface area contributed by atoms with Gasteiger partial charge in [-0.15, -0.1) is 0 Å². The molecule has 110 valence electrons. The summed E-state index contributed by atoms with van der Waals surface area (Å²) in [7, 11) is 0. The van der Waals surface area contributed by atoms with Crippen molar-refractivity contribution in [3.63, 3.8) is 0 Å². The van der Waals surface area contributed by atoms with E-state index in [9.17, 15) is 9.59 Å². The Kier molecular flexibility index (Phi) is 4.42. The van der Waals surface area contributed by atoms with Crippen LogP contribution in [0.1, 0.15) is 28.6 Å². The molecule has 5 nitrogen and oxygen atoms in total. The summed E-state index contributed by atoms with van der Waals surface area (Å²) in [6.07, 6.45) is 1.41. The zero-order valence-corrected chi connectivity index (χ0v) is 12.3. The van der Waals surface area contributed by atoms with Gasteiger partial charge in [-0.2, -0.15) is 0 Å². The Bertz CT molecular complexity index is 648. The summed E-state index contributed by atoms with van der Waals surface area (Å²) in [4.78, 5) is 23.9. The average Bonchev–Trinajstić information content (AvgIpc) is 2.97. The molecule has 21 heavy (non-hydrogen) atoms. The van der Waals surface area contributed by atoms with E-state index in [1.54, 1.807) is 19.1 Å². The Hall–Kier alpha value is -2.56. The quantitative estimate of drug-likeness (QED) is 0.907. The second kappa shape index (κ2) is 6.26. The van der Waals surface area contributed by atoms with E-state index >= 15 is 0 Å². The molecule has 1 aromatic heterocycles. The Balaban J connectivity index is 1.99. The average molecular weight is 286 g/mol. The first-order chi connectivity index (χ1) is 9.97. The summed E-state index contributed by atoms with van der Waals surface area (Å²) in [6.45, 7) is 5.50. The van der Waals surface area contributed by atoms with Gasteiger partial charge in [-0.25, -0.2) is 0 Å². The Morgan fingerprint density at radius 3 is 2.62 bits per heavy atom. The molecule has 2 N–H and O–H groups in total. The van der Waals surface area contributed by atoms with Crippen molar-refractivity contribution in [3.8, 4) is 0 Å². The van der Waals surface area contributed by atoms with Crippen molar-refractivity contribution >= 4 is 17.5 Å². The fraction of sp³-hybridized carbons (Fsp3) is 0.250. The van der Waals surface area contributed by atoms with Gasteiger partial charge in [0.05, 0.1) is 6.26 Å². The van der Waals surface area contributed by atoms with Gasteiger partial charge >= 0.3 is 0 Å². The van der Waals surface area contributed by atoms with Crippen LogP contribution in [0.2, 0.25) is 0 Å². The predicted octanol–water partition coefficient (Wildman–Crippen LogP) is 2.65. The highest BCUT2D eigenvalue weighted by atomic mass is 16.3. The van der Waals surface area contributed by atoms with E-state index in [-0.39, 0.29) is 11.7 Å². The molecule has 0 aliphatic rings. The van der Waals surface area contributed by atoms with Crippen LogP contribution in [0.5, 0.6) is 0 Å². The van der Waals surface area contributed by atoms with Crippen molar-refractivity contribution in [3.05, 3.63) is 53.5 Å². The number of carbonyl (C=O) groups excluding carboxylic acids is 2. The molecule has 0 aliphatic heterocycles. The van der Waals surface area contributed by atoms with Crippen LogP contribution in [0.15, 0.2) is 41.0 Å². The highest BCUT2D eigenvalue weighted by Gasteiger charge is 2.18. The third-order valence-electron chi connectivity index (χ3n) is 3.14. The maximum atomic E-state index is 12.1. The number of rotatable bonds is 4. The molecule has 1 unspecified atom stereocenters. The zero-order valence-electron chi connectivity index (χ0n) is 12.3.